The van der Waals surface area contributed by atoms with E-state index < -0.39 is 15.3 Å². The fraction of sp³-hybridized carbons (Fsp3) is 0.250. The van der Waals surface area contributed by atoms with Gasteiger partial charge in [0.1, 0.15) is 0 Å². The normalized spacial score (nSPS) is 17.2. The van der Waals surface area contributed by atoms with Crippen molar-refractivity contribution in [1.29, 1.82) is 0 Å². The summed E-state index contributed by atoms with van der Waals surface area (Å²) in [4.78, 5) is 0.369. The Morgan fingerprint density at radius 1 is 1.00 bits per heavy atom. The van der Waals surface area contributed by atoms with E-state index in [1.807, 2.05) is 30.3 Å². The first-order valence-corrected chi connectivity index (χ1v) is 9.08. The molecule has 1 heterocycles. The van der Waals surface area contributed by atoms with Crippen LogP contribution in [0.5, 0.6) is 0 Å². The van der Waals surface area contributed by atoms with Gasteiger partial charge in [0.05, 0.1) is 29.3 Å². The molecular weight excluding hydrogens is 352 g/mol. The van der Waals surface area contributed by atoms with Gasteiger partial charge < -0.3 is 4.74 Å². The Morgan fingerprint density at radius 3 is 2.14 bits per heavy atom. The summed E-state index contributed by atoms with van der Waals surface area (Å²) in [5, 5.41) is 0. The fourth-order valence-electron chi connectivity index (χ4n) is 2.56. The highest BCUT2D eigenvalue weighted by atomic mass is 79.9. The Morgan fingerprint density at radius 2 is 1.62 bits per heavy atom. The number of ether oxygens (including phenoxy) is 1. The van der Waals surface area contributed by atoms with Crippen LogP contribution >= 0.6 is 15.9 Å². The van der Waals surface area contributed by atoms with E-state index in [2.05, 4.69) is 15.9 Å². The van der Waals surface area contributed by atoms with E-state index in [0.717, 1.165) is 10.0 Å². The van der Waals surface area contributed by atoms with Gasteiger partial charge in [-0.05, 0) is 29.8 Å². The Labute approximate surface area is 133 Å². The van der Waals surface area contributed by atoms with Crippen molar-refractivity contribution in [1.82, 2.24) is 0 Å². The van der Waals surface area contributed by atoms with Gasteiger partial charge in [0.25, 0.3) is 0 Å². The van der Waals surface area contributed by atoms with Gasteiger partial charge in [-0.2, -0.15) is 0 Å². The summed E-state index contributed by atoms with van der Waals surface area (Å²) in [5.41, 5.74) is 0.575. The molecule has 21 heavy (non-hydrogen) atoms. The van der Waals surface area contributed by atoms with Gasteiger partial charge in [-0.1, -0.05) is 46.3 Å². The zero-order valence-corrected chi connectivity index (χ0v) is 13.7. The number of hydrogen-bond acceptors (Lipinski definition) is 3. The van der Waals surface area contributed by atoms with Crippen molar-refractivity contribution >= 4 is 25.8 Å². The second-order valence-corrected chi connectivity index (χ2v) is 8.26. The molecule has 0 aromatic heterocycles. The monoisotopic (exact) mass is 366 g/mol. The molecule has 0 atom stereocenters. The second kappa shape index (κ2) is 5.55. The lowest BCUT2D eigenvalue weighted by molar-refractivity contribution is -0.0480. The highest BCUT2D eigenvalue weighted by molar-refractivity contribution is 9.10. The quantitative estimate of drug-likeness (QED) is 0.834. The maximum atomic E-state index is 12.6. The minimum Gasteiger partial charge on any atom is -0.379 e. The van der Waals surface area contributed by atoms with Gasteiger partial charge in [0.2, 0.25) is 0 Å². The number of sulfone groups is 1. The lowest BCUT2D eigenvalue weighted by atomic mass is 9.80. The number of benzene rings is 2. The van der Waals surface area contributed by atoms with E-state index in [9.17, 15) is 8.42 Å². The van der Waals surface area contributed by atoms with Crippen molar-refractivity contribution < 1.29 is 13.2 Å². The van der Waals surface area contributed by atoms with Crippen LogP contribution in [0.4, 0.5) is 0 Å². The van der Waals surface area contributed by atoms with Gasteiger partial charge in [-0.15, -0.1) is 0 Å². The van der Waals surface area contributed by atoms with E-state index in [0.29, 0.717) is 18.1 Å². The number of hydrogen-bond donors (Lipinski definition) is 0. The predicted octanol–water partition coefficient (Wildman–Crippen LogP) is 3.19. The van der Waals surface area contributed by atoms with E-state index in [-0.39, 0.29) is 5.75 Å². The van der Waals surface area contributed by atoms with Crippen LogP contribution in [-0.4, -0.2) is 27.4 Å². The molecule has 0 bridgehead atoms. The molecule has 1 fully saturated rings. The molecule has 0 unspecified atom stereocenters. The smallest absolute Gasteiger partial charge is 0.179 e. The molecule has 0 aliphatic carbocycles. The molecule has 1 aliphatic heterocycles. The maximum Gasteiger partial charge on any atom is 0.179 e. The fourth-order valence-corrected chi connectivity index (χ4v) is 4.62. The molecule has 0 amide bonds. The van der Waals surface area contributed by atoms with Crippen molar-refractivity contribution in [2.24, 2.45) is 0 Å². The first-order chi connectivity index (χ1) is 10.0. The summed E-state index contributed by atoms with van der Waals surface area (Å²) in [7, 11) is -3.33. The summed E-state index contributed by atoms with van der Waals surface area (Å²) in [5.74, 6) is 0.0750. The summed E-state index contributed by atoms with van der Waals surface area (Å²) >= 11 is 3.40. The Balaban J connectivity index is 1.93. The molecule has 1 aliphatic rings. The second-order valence-electron chi connectivity index (χ2n) is 5.35. The number of halogens is 1. The summed E-state index contributed by atoms with van der Waals surface area (Å²) in [6, 6.07) is 16.4. The van der Waals surface area contributed by atoms with Gasteiger partial charge >= 0.3 is 0 Å². The minimum absolute atomic E-state index is 0.0750. The molecule has 3 rings (SSSR count). The molecule has 1 saturated heterocycles. The molecular formula is C16H15BrO3S. The first-order valence-electron chi connectivity index (χ1n) is 6.64. The molecule has 2 aromatic rings. The van der Waals surface area contributed by atoms with Crippen LogP contribution in [-0.2, 0) is 20.0 Å². The Hall–Kier alpha value is -1.17. The molecule has 0 radical (unpaired) electrons. The third-order valence-corrected chi connectivity index (χ3v) is 6.23. The van der Waals surface area contributed by atoms with Crippen LogP contribution in [0, 0.1) is 0 Å². The summed E-state index contributed by atoms with van der Waals surface area (Å²) < 4.78 is 31.5. The lowest BCUT2D eigenvalue weighted by Crippen LogP contribution is -2.51. The maximum absolute atomic E-state index is 12.6. The Kier molecular flexibility index (Phi) is 3.90. The van der Waals surface area contributed by atoms with Crippen molar-refractivity contribution in [3.8, 4) is 0 Å². The molecule has 5 heteroatoms. The zero-order valence-electron chi connectivity index (χ0n) is 11.3. The molecule has 3 nitrogen and oxygen atoms in total. The molecule has 2 aromatic carbocycles. The third kappa shape index (κ3) is 2.91. The standard InChI is InChI=1S/C16H15BrO3S/c17-14-8-6-13(7-9-14)16(10-20-11-16)12-21(18,19)15-4-2-1-3-5-15/h1-9H,10-12H2. The van der Waals surface area contributed by atoms with Crippen molar-refractivity contribution in [2.75, 3.05) is 19.0 Å². The Bertz CT molecular complexity index is 720. The van der Waals surface area contributed by atoms with Crippen LogP contribution < -0.4 is 0 Å². The van der Waals surface area contributed by atoms with Crippen LogP contribution in [0.15, 0.2) is 64.0 Å². The molecule has 0 saturated carbocycles. The third-order valence-electron chi connectivity index (χ3n) is 3.78. The van der Waals surface area contributed by atoms with Gasteiger partial charge in [0.15, 0.2) is 9.84 Å². The molecule has 110 valence electrons. The first kappa shape index (κ1) is 14.8. The van der Waals surface area contributed by atoms with Crippen molar-refractivity contribution in [3.63, 3.8) is 0 Å². The van der Waals surface area contributed by atoms with E-state index >= 15 is 0 Å². The molecule has 0 N–H and O–H groups in total. The van der Waals surface area contributed by atoms with Crippen LogP contribution in [0.3, 0.4) is 0 Å². The zero-order chi connectivity index (χ0) is 14.9. The lowest BCUT2D eigenvalue weighted by Gasteiger charge is -2.41. The summed E-state index contributed by atoms with van der Waals surface area (Å²) in [6.45, 7) is 0.890. The van der Waals surface area contributed by atoms with Gasteiger partial charge in [0, 0.05) is 4.47 Å². The highest BCUT2D eigenvalue weighted by Crippen LogP contribution is 2.36. The SMILES string of the molecule is O=S(=O)(CC1(c2ccc(Br)cc2)COC1)c1ccccc1. The number of rotatable bonds is 4. The highest BCUT2D eigenvalue weighted by Gasteiger charge is 2.44. The van der Waals surface area contributed by atoms with Crippen molar-refractivity contribution in [2.45, 2.75) is 10.3 Å². The topological polar surface area (TPSA) is 43.4 Å². The van der Waals surface area contributed by atoms with E-state index in [4.69, 9.17) is 4.74 Å². The summed E-state index contributed by atoms with van der Waals surface area (Å²) in [6.07, 6.45) is 0. The van der Waals surface area contributed by atoms with E-state index in [1.54, 1.807) is 24.3 Å². The average Bonchev–Trinajstić information content (AvgIpc) is 2.45. The van der Waals surface area contributed by atoms with Crippen LogP contribution in [0.1, 0.15) is 5.56 Å². The minimum atomic E-state index is -3.33. The van der Waals surface area contributed by atoms with Gasteiger partial charge in [-0.3, -0.25) is 0 Å². The van der Waals surface area contributed by atoms with E-state index in [1.165, 1.54) is 0 Å². The van der Waals surface area contributed by atoms with Gasteiger partial charge in [-0.25, -0.2) is 8.42 Å². The van der Waals surface area contributed by atoms with Crippen LogP contribution in [0.25, 0.3) is 0 Å². The predicted molar refractivity (Wildman–Crippen MR) is 85.1 cm³/mol. The van der Waals surface area contributed by atoms with Crippen LogP contribution in [0.2, 0.25) is 0 Å². The molecule has 0 spiro atoms. The van der Waals surface area contributed by atoms with Crippen molar-refractivity contribution in [3.05, 3.63) is 64.6 Å². The average molecular weight is 367 g/mol. The largest absolute Gasteiger partial charge is 0.379 e.